The third kappa shape index (κ3) is 4.45. The molecule has 0 saturated carbocycles. The van der Waals surface area contributed by atoms with Crippen molar-refractivity contribution in [3.63, 3.8) is 0 Å². The van der Waals surface area contributed by atoms with Gasteiger partial charge in [0.25, 0.3) is 0 Å². The zero-order chi connectivity index (χ0) is 17.0. The number of hydrogen-bond donors (Lipinski definition) is 2. The largest absolute Gasteiger partial charge is 0.495 e. The fourth-order valence-corrected chi connectivity index (χ4v) is 1.92. The number of aryl methyl sites for hydroxylation is 1. The smallest absolute Gasteiger partial charge is 0.230 e. The number of methoxy groups -OCH3 is 1. The summed E-state index contributed by atoms with van der Waals surface area (Å²) < 4.78 is 5.35. The van der Waals surface area contributed by atoms with Gasteiger partial charge in [-0.25, -0.2) is 4.98 Å². The van der Waals surface area contributed by atoms with Gasteiger partial charge in [0, 0.05) is 5.41 Å². The Kier molecular flexibility index (Phi) is 4.89. The number of amides is 1. The second-order valence-electron chi connectivity index (χ2n) is 6.46. The minimum atomic E-state index is -0.451. The molecule has 0 aliphatic rings. The number of ether oxygens (including phenoxy) is 1. The van der Waals surface area contributed by atoms with E-state index in [1.807, 2.05) is 52.0 Å². The van der Waals surface area contributed by atoms with Gasteiger partial charge in [-0.1, -0.05) is 26.8 Å². The second-order valence-corrected chi connectivity index (χ2v) is 6.46. The Morgan fingerprint density at radius 3 is 2.48 bits per heavy atom. The van der Waals surface area contributed by atoms with Crippen LogP contribution in [0, 0.1) is 12.3 Å². The van der Waals surface area contributed by atoms with Crippen LogP contribution >= 0.6 is 0 Å². The molecule has 1 aromatic heterocycles. The summed E-state index contributed by atoms with van der Waals surface area (Å²) in [5.74, 6) is 1.23. The molecule has 23 heavy (non-hydrogen) atoms. The quantitative estimate of drug-likeness (QED) is 0.891. The van der Waals surface area contributed by atoms with Gasteiger partial charge in [0.2, 0.25) is 5.91 Å². The number of rotatable bonds is 4. The maximum absolute atomic E-state index is 11.9. The van der Waals surface area contributed by atoms with Crippen molar-refractivity contribution >= 4 is 23.1 Å². The van der Waals surface area contributed by atoms with Crippen LogP contribution in [0.15, 0.2) is 36.5 Å². The van der Waals surface area contributed by atoms with Crippen LogP contribution in [-0.2, 0) is 4.79 Å². The van der Waals surface area contributed by atoms with Gasteiger partial charge >= 0.3 is 0 Å². The highest BCUT2D eigenvalue weighted by Gasteiger charge is 2.21. The topological polar surface area (TPSA) is 63.2 Å². The monoisotopic (exact) mass is 313 g/mol. The van der Waals surface area contributed by atoms with E-state index in [1.54, 1.807) is 19.4 Å². The first-order chi connectivity index (χ1) is 10.8. The van der Waals surface area contributed by atoms with E-state index in [1.165, 1.54) is 0 Å². The molecule has 0 unspecified atom stereocenters. The van der Waals surface area contributed by atoms with E-state index in [-0.39, 0.29) is 5.91 Å². The van der Waals surface area contributed by atoms with E-state index >= 15 is 0 Å². The lowest BCUT2D eigenvalue weighted by atomic mass is 9.96. The van der Waals surface area contributed by atoms with Crippen molar-refractivity contribution in [1.29, 1.82) is 0 Å². The zero-order valence-electron chi connectivity index (χ0n) is 14.2. The molecule has 0 bridgehead atoms. The molecular formula is C18H23N3O2. The van der Waals surface area contributed by atoms with E-state index in [2.05, 4.69) is 15.6 Å². The molecule has 1 aromatic carbocycles. The molecule has 5 heteroatoms. The van der Waals surface area contributed by atoms with Crippen LogP contribution in [0.5, 0.6) is 5.75 Å². The van der Waals surface area contributed by atoms with Crippen LogP contribution in [0.25, 0.3) is 0 Å². The van der Waals surface area contributed by atoms with Gasteiger partial charge in [-0.15, -0.1) is 0 Å². The molecule has 0 aliphatic heterocycles. The van der Waals surface area contributed by atoms with Crippen molar-refractivity contribution in [2.24, 2.45) is 5.41 Å². The summed E-state index contributed by atoms with van der Waals surface area (Å²) in [6, 6.07) is 9.56. The summed E-state index contributed by atoms with van der Waals surface area (Å²) in [5, 5.41) is 6.08. The molecular weight excluding hydrogens is 290 g/mol. The molecule has 2 rings (SSSR count). The maximum Gasteiger partial charge on any atom is 0.230 e. The number of anilines is 3. The Labute approximate surface area is 137 Å². The van der Waals surface area contributed by atoms with Crippen molar-refractivity contribution in [3.8, 4) is 5.75 Å². The first-order valence-electron chi connectivity index (χ1n) is 7.49. The molecule has 0 radical (unpaired) electrons. The minimum Gasteiger partial charge on any atom is -0.495 e. The van der Waals surface area contributed by atoms with Crippen LogP contribution in [-0.4, -0.2) is 18.0 Å². The molecule has 1 amide bonds. The molecule has 0 atom stereocenters. The maximum atomic E-state index is 11.9. The molecule has 122 valence electrons. The van der Waals surface area contributed by atoms with E-state index in [9.17, 15) is 4.79 Å². The number of carbonyl (C=O) groups is 1. The van der Waals surface area contributed by atoms with Gasteiger partial charge in [0.15, 0.2) is 0 Å². The fraction of sp³-hybridized carbons (Fsp3) is 0.333. The highest BCUT2D eigenvalue weighted by Crippen LogP contribution is 2.28. The Bertz CT molecular complexity index is 688. The number of nitrogens with one attached hydrogen (secondary N) is 2. The number of pyridine rings is 1. The van der Waals surface area contributed by atoms with Gasteiger partial charge in [-0.2, -0.15) is 0 Å². The van der Waals surface area contributed by atoms with Crippen molar-refractivity contribution in [1.82, 2.24) is 4.98 Å². The number of aromatic nitrogens is 1. The van der Waals surface area contributed by atoms with Crippen LogP contribution in [0.2, 0.25) is 0 Å². The Hall–Kier alpha value is -2.56. The predicted molar refractivity (Wildman–Crippen MR) is 93.3 cm³/mol. The van der Waals surface area contributed by atoms with E-state index in [0.717, 1.165) is 22.7 Å². The molecule has 0 aliphatic carbocycles. The molecule has 2 N–H and O–H groups in total. The summed E-state index contributed by atoms with van der Waals surface area (Å²) in [7, 11) is 1.64. The minimum absolute atomic E-state index is 0.0638. The normalized spacial score (nSPS) is 11.0. The van der Waals surface area contributed by atoms with Crippen LogP contribution in [0.3, 0.4) is 0 Å². The summed E-state index contributed by atoms with van der Waals surface area (Å²) in [6.07, 6.45) is 1.68. The highest BCUT2D eigenvalue weighted by atomic mass is 16.5. The SMILES string of the molecule is COc1ccc(C)cc1Nc1ccc(NC(=O)C(C)(C)C)nc1. The van der Waals surface area contributed by atoms with Gasteiger partial charge < -0.3 is 15.4 Å². The van der Waals surface area contributed by atoms with Crippen LogP contribution in [0.4, 0.5) is 17.2 Å². The second kappa shape index (κ2) is 6.69. The van der Waals surface area contributed by atoms with Crippen molar-refractivity contribution in [2.75, 3.05) is 17.7 Å². The lowest BCUT2D eigenvalue weighted by molar-refractivity contribution is -0.123. The Balaban J connectivity index is 2.12. The van der Waals surface area contributed by atoms with Crippen molar-refractivity contribution < 1.29 is 9.53 Å². The fourth-order valence-electron chi connectivity index (χ4n) is 1.92. The molecule has 0 spiro atoms. The molecule has 0 saturated heterocycles. The Morgan fingerprint density at radius 2 is 1.91 bits per heavy atom. The van der Waals surface area contributed by atoms with Gasteiger partial charge in [-0.05, 0) is 36.8 Å². The van der Waals surface area contributed by atoms with Gasteiger partial charge in [0.05, 0.1) is 24.7 Å². The summed E-state index contributed by atoms with van der Waals surface area (Å²) in [4.78, 5) is 16.2. The number of benzene rings is 1. The van der Waals surface area contributed by atoms with Crippen LogP contribution < -0.4 is 15.4 Å². The summed E-state index contributed by atoms with van der Waals surface area (Å²) in [6.45, 7) is 7.61. The van der Waals surface area contributed by atoms with E-state index in [4.69, 9.17) is 4.74 Å². The third-order valence-corrected chi connectivity index (χ3v) is 3.32. The van der Waals surface area contributed by atoms with Crippen molar-refractivity contribution in [3.05, 3.63) is 42.1 Å². The number of nitrogens with zero attached hydrogens (tertiary/aromatic N) is 1. The van der Waals surface area contributed by atoms with Crippen molar-refractivity contribution in [2.45, 2.75) is 27.7 Å². The lowest BCUT2D eigenvalue weighted by Crippen LogP contribution is -2.27. The molecule has 0 fully saturated rings. The number of carbonyl (C=O) groups excluding carboxylic acids is 1. The van der Waals surface area contributed by atoms with Crippen LogP contribution in [0.1, 0.15) is 26.3 Å². The van der Waals surface area contributed by atoms with Gasteiger partial charge in [0.1, 0.15) is 11.6 Å². The highest BCUT2D eigenvalue weighted by molar-refractivity contribution is 5.93. The van der Waals surface area contributed by atoms with E-state index in [0.29, 0.717) is 5.82 Å². The van der Waals surface area contributed by atoms with Gasteiger partial charge in [-0.3, -0.25) is 4.79 Å². The Morgan fingerprint density at radius 1 is 1.17 bits per heavy atom. The first kappa shape index (κ1) is 16.8. The lowest BCUT2D eigenvalue weighted by Gasteiger charge is -2.17. The average molecular weight is 313 g/mol. The predicted octanol–water partition coefficient (Wildman–Crippen LogP) is 4.13. The molecule has 2 aromatic rings. The molecule has 5 nitrogen and oxygen atoms in total. The third-order valence-electron chi connectivity index (χ3n) is 3.32. The first-order valence-corrected chi connectivity index (χ1v) is 7.49. The summed E-state index contributed by atoms with van der Waals surface area (Å²) >= 11 is 0. The zero-order valence-corrected chi connectivity index (χ0v) is 14.2. The van der Waals surface area contributed by atoms with E-state index < -0.39 is 5.41 Å². The summed E-state index contributed by atoms with van der Waals surface area (Å²) in [5.41, 5.74) is 2.38. The molecule has 1 heterocycles. The standard InChI is InChI=1S/C18H23N3O2/c1-12-6-8-15(23-5)14(10-12)20-13-7-9-16(19-11-13)21-17(22)18(2,3)4/h6-11,20H,1-5H3,(H,19,21,22). The average Bonchev–Trinajstić information content (AvgIpc) is 2.48. The number of hydrogen-bond acceptors (Lipinski definition) is 4.